The highest BCUT2D eigenvalue weighted by Gasteiger charge is 2.21. The number of aromatic nitrogens is 1. The van der Waals surface area contributed by atoms with Crippen LogP contribution in [-0.2, 0) is 6.42 Å². The highest BCUT2D eigenvalue weighted by atomic mass is 16.4. The summed E-state index contributed by atoms with van der Waals surface area (Å²) in [6, 6.07) is 10.1. The van der Waals surface area contributed by atoms with Crippen molar-refractivity contribution in [2.45, 2.75) is 20.3 Å². The fraction of sp³-hybridized carbons (Fsp3) is 0.375. The molecule has 0 atom stereocenters. The Morgan fingerprint density at radius 1 is 1.24 bits per heavy atom. The highest BCUT2D eigenvalue weighted by molar-refractivity contribution is 5.92. The molecule has 2 rings (SSSR count). The van der Waals surface area contributed by atoms with Gasteiger partial charge in [-0.2, -0.15) is 0 Å². The Balaban J connectivity index is 2.07. The van der Waals surface area contributed by atoms with Gasteiger partial charge in [0.05, 0.1) is 5.69 Å². The molecule has 5 nitrogen and oxygen atoms in total. The second-order valence-electron chi connectivity index (χ2n) is 4.96. The molecule has 0 aliphatic rings. The van der Waals surface area contributed by atoms with Gasteiger partial charge in [-0.1, -0.05) is 30.3 Å². The molecule has 0 saturated carbocycles. The summed E-state index contributed by atoms with van der Waals surface area (Å²) in [5.74, 6) is 0.676. The number of hydrogen-bond donors (Lipinski definition) is 1. The second kappa shape index (κ2) is 7.04. The lowest BCUT2D eigenvalue weighted by Gasteiger charge is -2.21. The maximum Gasteiger partial charge on any atom is 0.291 e. The van der Waals surface area contributed by atoms with Crippen LogP contribution < -0.4 is 5.73 Å². The van der Waals surface area contributed by atoms with Crippen LogP contribution in [-0.4, -0.2) is 35.4 Å². The zero-order valence-corrected chi connectivity index (χ0v) is 12.5. The standard InChI is InChI=1S/C16H21N3O2/c1-12-15(21-13(2)18-12)16(20)19(11-9-17)10-8-14-6-4-3-5-7-14/h3-7H,8-11,17H2,1-2H3. The maximum absolute atomic E-state index is 12.5. The van der Waals surface area contributed by atoms with Crippen LogP contribution in [0.5, 0.6) is 0 Å². The molecule has 1 heterocycles. The van der Waals surface area contributed by atoms with Gasteiger partial charge in [-0.3, -0.25) is 4.79 Å². The summed E-state index contributed by atoms with van der Waals surface area (Å²) in [5, 5.41) is 0. The molecule has 0 spiro atoms. The van der Waals surface area contributed by atoms with Gasteiger partial charge in [-0.05, 0) is 18.9 Å². The highest BCUT2D eigenvalue weighted by Crippen LogP contribution is 2.13. The van der Waals surface area contributed by atoms with E-state index in [1.807, 2.05) is 18.2 Å². The summed E-state index contributed by atoms with van der Waals surface area (Å²) in [6.45, 7) is 5.05. The number of aryl methyl sites for hydroxylation is 2. The molecule has 0 aliphatic carbocycles. The molecule has 0 saturated heterocycles. The van der Waals surface area contributed by atoms with Crippen LogP contribution >= 0.6 is 0 Å². The zero-order valence-electron chi connectivity index (χ0n) is 12.5. The average Bonchev–Trinajstić information content (AvgIpc) is 2.82. The maximum atomic E-state index is 12.5. The summed E-state index contributed by atoms with van der Waals surface area (Å²) >= 11 is 0. The van der Waals surface area contributed by atoms with Crippen molar-refractivity contribution in [2.75, 3.05) is 19.6 Å². The van der Waals surface area contributed by atoms with Crippen LogP contribution in [0.25, 0.3) is 0 Å². The van der Waals surface area contributed by atoms with Crippen molar-refractivity contribution in [3.8, 4) is 0 Å². The smallest absolute Gasteiger partial charge is 0.291 e. The van der Waals surface area contributed by atoms with Crippen LogP contribution in [0.2, 0.25) is 0 Å². The number of benzene rings is 1. The molecule has 1 aromatic heterocycles. The minimum absolute atomic E-state index is 0.144. The number of nitrogens with two attached hydrogens (primary N) is 1. The Morgan fingerprint density at radius 2 is 1.95 bits per heavy atom. The molecule has 1 amide bonds. The van der Waals surface area contributed by atoms with E-state index >= 15 is 0 Å². The Morgan fingerprint density at radius 3 is 2.52 bits per heavy atom. The van der Waals surface area contributed by atoms with E-state index in [0.29, 0.717) is 37.0 Å². The van der Waals surface area contributed by atoms with E-state index in [1.165, 1.54) is 5.56 Å². The third-order valence-corrected chi connectivity index (χ3v) is 3.30. The van der Waals surface area contributed by atoms with Crippen molar-refractivity contribution in [1.82, 2.24) is 9.88 Å². The predicted molar refractivity (Wildman–Crippen MR) is 81.1 cm³/mol. The number of amides is 1. The van der Waals surface area contributed by atoms with E-state index in [2.05, 4.69) is 17.1 Å². The third-order valence-electron chi connectivity index (χ3n) is 3.30. The van der Waals surface area contributed by atoms with Gasteiger partial charge in [0, 0.05) is 26.6 Å². The summed E-state index contributed by atoms with van der Waals surface area (Å²) in [5.41, 5.74) is 7.43. The summed E-state index contributed by atoms with van der Waals surface area (Å²) in [7, 11) is 0. The van der Waals surface area contributed by atoms with Gasteiger partial charge in [-0.15, -0.1) is 0 Å². The number of carbonyl (C=O) groups excluding carboxylic acids is 1. The van der Waals surface area contributed by atoms with Gasteiger partial charge in [0.15, 0.2) is 5.89 Å². The van der Waals surface area contributed by atoms with E-state index in [4.69, 9.17) is 10.2 Å². The van der Waals surface area contributed by atoms with E-state index in [0.717, 1.165) is 6.42 Å². The molecule has 0 bridgehead atoms. The molecule has 2 N–H and O–H groups in total. The quantitative estimate of drug-likeness (QED) is 0.881. The molecule has 1 aromatic carbocycles. The van der Waals surface area contributed by atoms with E-state index in [9.17, 15) is 4.79 Å². The summed E-state index contributed by atoms with van der Waals surface area (Å²) in [6.07, 6.45) is 0.790. The van der Waals surface area contributed by atoms with Gasteiger partial charge in [0.25, 0.3) is 5.91 Å². The predicted octanol–water partition coefficient (Wildman–Crippen LogP) is 1.94. The monoisotopic (exact) mass is 287 g/mol. The van der Waals surface area contributed by atoms with Gasteiger partial charge in [0.2, 0.25) is 5.76 Å². The molecule has 2 aromatic rings. The third kappa shape index (κ3) is 3.92. The fourth-order valence-corrected chi connectivity index (χ4v) is 2.25. The van der Waals surface area contributed by atoms with Crippen LogP contribution in [0.1, 0.15) is 27.7 Å². The molecular weight excluding hydrogens is 266 g/mol. The molecule has 0 unspecified atom stereocenters. The van der Waals surface area contributed by atoms with Crippen molar-refractivity contribution >= 4 is 5.91 Å². The van der Waals surface area contributed by atoms with Gasteiger partial charge >= 0.3 is 0 Å². The number of hydrogen-bond acceptors (Lipinski definition) is 4. The number of carbonyl (C=O) groups is 1. The van der Waals surface area contributed by atoms with Gasteiger partial charge < -0.3 is 15.1 Å². The largest absolute Gasteiger partial charge is 0.436 e. The lowest BCUT2D eigenvalue weighted by Crippen LogP contribution is -2.37. The van der Waals surface area contributed by atoms with Crippen molar-refractivity contribution < 1.29 is 9.21 Å². The Hall–Kier alpha value is -2.14. The number of oxazole rings is 1. The lowest BCUT2D eigenvalue weighted by molar-refractivity contribution is 0.0727. The normalized spacial score (nSPS) is 10.6. The van der Waals surface area contributed by atoms with Gasteiger partial charge in [0.1, 0.15) is 0 Å². The van der Waals surface area contributed by atoms with Crippen LogP contribution in [0.15, 0.2) is 34.7 Å². The van der Waals surface area contributed by atoms with Crippen LogP contribution in [0.3, 0.4) is 0 Å². The first-order chi connectivity index (χ1) is 10.1. The Bertz CT molecular complexity index is 593. The second-order valence-corrected chi connectivity index (χ2v) is 4.96. The molecule has 0 radical (unpaired) electrons. The molecule has 21 heavy (non-hydrogen) atoms. The number of nitrogens with zero attached hydrogens (tertiary/aromatic N) is 2. The van der Waals surface area contributed by atoms with Gasteiger partial charge in [-0.25, -0.2) is 4.98 Å². The fourth-order valence-electron chi connectivity index (χ4n) is 2.25. The molecule has 0 fully saturated rings. The molecule has 5 heteroatoms. The average molecular weight is 287 g/mol. The summed E-state index contributed by atoms with van der Waals surface area (Å²) < 4.78 is 5.41. The van der Waals surface area contributed by atoms with E-state index in [-0.39, 0.29) is 5.91 Å². The van der Waals surface area contributed by atoms with Crippen LogP contribution in [0, 0.1) is 13.8 Å². The Kier molecular flexibility index (Phi) is 5.11. The lowest BCUT2D eigenvalue weighted by atomic mass is 10.1. The minimum atomic E-state index is -0.144. The Labute approximate surface area is 124 Å². The van der Waals surface area contributed by atoms with E-state index in [1.54, 1.807) is 18.7 Å². The van der Waals surface area contributed by atoms with Crippen molar-refractivity contribution in [1.29, 1.82) is 0 Å². The number of rotatable bonds is 6. The van der Waals surface area contributed by atoms with E-state index < -0.39 is 0 Å². The molecule has 112 valence electrons. The van der Waals surface area contributed by atoms with Crippen molar-refractivity contribution in [3.05, 3.63) is 53.2 Å². The minimum Gasteiger partial charge on any atom is -0.436 e. The van der Waals surface area contributed by atoms with Crippen molar-refractivity contribution in [2.24, 2.45) is 5.73 Å². The SMILES string of the molecule is Cc1nc(C)c(C(=O)N(CCN)CCc2ccccc2)o1. The topological polar surface area (TPSA) is 72.4 Å². The molecular formula is C16H21N3O2. The molecule has 0 aliphatic heterocycles. The first-order valence-electron chi connectivity index (χ1n) is 7.09. The first kappa shape index (κ1) is 15.3. The first-order valence-corrected chi connectivity index (χ1v) is 7.09. The summed E-state index contributed by atoms with van der Waals surface area (Å²) in [4.78, 5) is 18.4. The van der Waals surface area contributed by atoms with Crippen molar-refractivity contribution in [3.63, 3.8) is 0 Å². The zero-order chi connectivity index (χ0) is 15.2. The van der Waals surface area contributed by atoms with Crippen LogP contribution in [0.4, 0.5) is 0 Å².